The molecule has 6 heteroatoms. The van der Waals surface area contributed by atoms with E-state index >= 15 is 0 Å². The average molecular weight is 314 g/mol. The van der Waals surface area contributed by atoms with Crippen LogP contribution < -0.4 is 5.32 Å². The summed E-state index contributed by atoms with van der Waals surface area (Å²) < 4.78 is 2.18. The maximum absolute atomic E-state index is 12.1. The zero-order valence-corrected chi connectivity index (χ0v) is 13.9. The average Bonchev–Trinajstić information content (AvgIpc) is 3.04. The maximum atomic E-state index is 12.1. The van der Waals surface area contributed by atoms with E-state index in [-0.39, 0.29) is 5.57 Å². The molecular weight excluding hydrogens is 296 g/mol. The molecule has 0 atom stereocenters. The van der Waals surface area contributed by atoms with E-state index in [9.17, 15) is 10.1 Å². The summed E-state index contributed by atoms with van der Waals surface area (Å²) in [6.45, 7) is 8.22. The van der Waals surface area contributed by atoms with Gasteiger partial charge < -0.3 is 4.57 Å². The van der Waals surface area contributed by atoms with Gasteiger partial charge in [0.2, 0.25) is 0 Å². The fourth-order valence-electron chi connectivity index (χ4n) is 2.50. The van der Waals surface area contributed by atoms with E-state index in [0.29, 0.717) is 11.2 Å². The number of carbonyl (C=O) groups excluding carboxylic acids is 1. The Bertz CT molecular complexity index is 748. The smallest absolute Gasteiger partial charge is 0.268 e. The van der Waals surface area contributed by atoms with E-state index in [0.717, 1.165) is 17.0 Å². The van der Waals surface area contributed by atoms with Crippen molar-refractivity contribution in [1.82, 2.24) is 9.55 Å². The fraction of sp³-hybridized carbons (Fsp3) is 0.312. The summed E-state index contributed by atoms with van der Waals surface area (Å²) in [5.41, 5.74) is 3.11. The molecule has 0 fully saturated rings. The van der Waals surface area contributed by atoms with Gasteiger partial charge in [-0.25, -0.2) is 4.98 Å². The third kappa shape index (κ3) is 3.26. The Kier molecular flexibility index (Phi) is 4.78. The van der Waals surface area contributed by atoms with E-state index in [2.05, 4.69) is 28.7 Å². The van der Waals surface area contributed by atoms with Crippen LogP contribution in [0.15, 0.2) is 23.2 Å². The Morgan fingerprint density at radius 1 is 1.50 bits per heavy atom. The Balaban J connectivity index is 2.32. The van der Waals surface area contributed by atoms with Crippen molar-refractivity contribution in [2.75, 3.05) is 5.32 Å². The van der Waals surface area contributed by atoms with Crippen LogP contribution in [0.4, 0.5) is 5.13 Å². The quantitative estimate of drug-likeness (QED) is 0.691. The second-order valence-electron chi connectivity index (χ2n) is 5.25. The molecule has 114 valence electrons. The number of nitrogens with one attached hydrogen (secondary N) is 1. The number of aryl methyl sites for hydroxylation is 1. The van der Waals surface area contributed by atoms with E-state index in [1.54, 1.807) is 17.7 Å². The molecule has 22 heavy (non-hydrogen) atoms. The SMILES string of the molecule is Cc1cc(/C=C(\C#N)C(=O)Nc2nccs2)c(C)n1C(C)C. The maximum Gasteiger partial charge on any atom is 0.268 e. The second kappa shape index (κ2) is 6.58. The van der Waals surface area contributed by atoms with Gasteiger partial charge in [0.05, 0.1) is 0 Å². The van der Waals surface area contributed by atoms with Crippen molar-refractivity contribution >= 4 is 28.5 Å². The first kappa shape index (κ1) is 16.0. The molecule has 5 nitrogen and oxygen atoms in total. The second-order valence-corrected chi connectivity index (χ2v) is 6.15. The molecule has 0 aliphatic heterocycles. The summed E-state index contributed by atoms with van der Waals surface area (Å²) in [6, 6.07) is 4.28. The van der Waals surface area contributed by atoms with Crippen LogP contribution in [0.2, 0.25) is 0 Å². The third-order valence-corrected chi connectivity index (χ3v) is 4.05. The molecule has 0 aliphatic rings. The monoisotopic (exact) mass is 314 g/mol. The van der Waals surface area contributed by atoms with Crippen molar-refractivity contribution in [3.05, 3.63) is 40.2 Å². The van der Waals surface area contributed by atoms with Crippen LogP contribution in [0.25, 0.3) is 6.08 Å². The third-order valence-electron chi connectivity index (χ3n) is 3.36. The lowest BCUT2D eigenvalue weighted by molar-refractivity contribution is -0.112. The van der Waals surface area contributed by atoms with Crippen molar-refractivity contribution in [3.63, 3.8) is 0 Å². The molecule has 0 spiro atoms. The standard InChI is InChI=1S/C16H18N4OS/c1-10(2)20-11(3)7-13(12(20)4)8-14(9-17)15(21)19-16-18-5-6-22-16/h5-8,10H,1-4H3,(H,18,19,21)/b14-8+. The van der Waals surface area contributed by atoms with Gasteiger partial charge in [-0.15, -0.1) is 11.3 Å². The molecule has 2 aromatic heterocycles. The van der Waals surface area contributed by atoms with E-state index in [1.807, 2.05) is 26.0 Å². The van der Waals surface area contributed by atoms with E-state index in [1.165, 1.54) is 11.3 Å². The molecule has 0 bridgehead atoms. The molecule has 2 heterocycles. The Morgan fingerprint density at radius 3 is 2.73 bits per heavy atom. The Labute approximate surface area is 133 Å². The van der Waals surface area contributed by atoms with Crippen molar-refractivity contribution in [2.45, 2.75) is 33.7 Å². The van der Waals surface area contributed by atoms with Gasteiger partial charge in [0.25, 0.3) is 5.91 Å². The van der Waals surface area contributed by atoms with Gasteiger partial charge in [-0.3, -0.25) is 10.1 Å². The molecule has 0 saturated heterocycles. The topological polar surface area (TPSA) is 70.7 Å². The lowest BCUT2D eigenvalue weighted by Crippen LogP contribution is -2.13. The predicted molar refractivity (Wildman–Crippen MR) is 88.6 cm³/mol. The molecule has 2 rings (SSSR count). The van der Waals surface area contributed by atoms with Crippen molar-refractivity contribution < 1.29 is 4.79 Å². The summed E-state index contributed by atoms with van der Waals surface area (Å²) in [5, 5.41) is 14.1. The predicted octanol–water partition coefficient (Wildman–Crippen LogP) is 3.69. The molecule has 0 aromatic carbocycles. The first-order chi connectivity index (χ1) is 10.4. The molecule has 0 saturated carbocycles. The number of anilines is 1. The molecule has 0 aliphatic carbocycles. The molecular formula is C16H18N4OS. The summed E-state index contributed by atoms with van der Waals surface area (Å²) in [4.78, 5) is 16.1. The lowest BCUT2D eigenvalue weighted by Gasteiger charge is -2.13. The largest absolute Gasteiger partial charge is 0.346 e. The first-order valence-corrected chi connectivity index (χ1v) is 7.83. The van der Waals surface area contributed by atoms with Crippen molar-refractivity contribution in [3.8, 4) is 6.07 Å². The minimum absolute atomic E-state index is 0.0687. The number of hydrogen-bond donors (Lipinski definition) is 1. The highest BCUT2D eigenvalue weighted by Crippen LogP contribution is 2.22. The van der Waals surface area contributed by atoms with Gasteiger partial charge >= 0.3 is 0 Å². The first-order valence-electron chi connectivity index (χ1n) is 6.95. The minimum atomic E-state index is -0.438. The number of rotatable bonds is 4. The summed E-state index contributed by atoms with van der Waals surface area (Å²) in [5.74, 6) is -0.438. The van der Waals surface area contributed by atoms with Crippen LogP contribution in [-0.4, -0.2) is 15.5 Å². The molecule has 2 aromatic rings. The minimum Gasteiger partial charge on any atom is -0.346 e. The summed E-state index contributed by atoms with van der Waals surface area (Å²) >= 11 is 1.32. The molecule has 0 radical (unpaired) electrons. The summed E-state index contributed by atoms with van der Waals surface area (Å²) in [6.07, 6.45) is 3.23. The number of carbonyl (C=O) groups is 1. The number of amides is 1. The zero-order valence-electron chi connectivity index (χ0n) is 13.0. The van der Waals surface area contributed by atoms with Gasteiger partial charge in [-0.05, 0) is 45.4 Å². The number of nitrogens with zero attached hydrogens (tertiary/aromatic N) is 3. The van der Waals surface area contributed by atoms with E-state index < -0.39 is 5.91 Å². The fourth-order valence-corrected chi connectivity index (χ4v) is 3.02. The van der Waals surface area contributed by atoms with Gasteiger partial charge in [0.15, 0.2) is 5.13 Å². The van der Waals surface area contributed by atoms with Gasteiger partial charge in [0.1, 0.15) is 11.6 Å². The van der Waals surface area contributed by atoms with Crippen LogP contribution in [0.5, 0.6) is 0 Å². The van der Waals surface area contributed by atoms with Gasteiger partial charge in [-0.2, -0.15) is 5.26 Å². The number of hydrogen-bond acceptors (Lipinski definition) is 4. The van der Waals surface area contributed by atoms with Crippen LogP contribution >= 0.6 is 11.3 Å². The van der Waals surface area contributed by atoms with Gasteiger partial charge in [0, 0.05) is 29.0 Å². The molecule has 0 unspecified atom stereocenters. The highest BCUT2D eigenvalue weighted by atomic mass is 32.1. The van der Waals surface area contributed by atoms with Gasteiger partial charge in [-0.1, -0.05) is 0 Å². The van der Waals surface area contributed by atoms with E-state index in [4.69, 9.17) is 0 Å². The molecule has 1 amide bonds. The molecule has 1 N–H and O–H groups in total. The van der Waals surface area contributed by atoms with Crippen LogP contribution in [0.3, 0.4) is 0 Å². The highest BCUT2D eigenvalue weighted by molar-refractivity contribution is 7.13. The Hall–Kier alpha value is -2.39. The lowest BCUT2D eigenvalue weighted by atomic mass is 10.1. The van der Waals surface area contributed by atoms with Crippen LogP contribution in [0.1, 0.15) is 36.8 Å². The highest BCUT2D eigenvalue weighted by Gasteiger charge is 2.14. The zero-order chi connectivity index (χ0) is 16.3. The number of nitriles is 1. The number of thiazole rings is 1. The summed E-state index contributed by atoms with van der Waals surface area (Å²) in [7, 11) is 0. The van der Waals surface area contributed by atoms with Crippen LogP contribution in [-0.2, 0) is 4.79 Å². The normalized spacial score (nSPS) is 11.5. The van der Waals surface area contributed by atoms with Crippen molar-refractivity contribution in [1.29, 1.82) is 5.26 Å². The van der Waals surface area contributed by atoms with Crippen LogP contribution in [0, 0.1) is 25.2 Å². The van der Waals surface area contributed by atoms with Crippen molar-refractivity contribution in [2.24, 2.45) is 0 Å². The number of aromatic nitrogens is 2. The Morgan fingerprint density at radius 2 is 2.23 bits per heavy atom.